The lowest BCUT2D eigenvalue weighted by molar-refractivity contribution is 0.182. The van der Waals surface area contributed by atoms with Gasteiger partial charge in [0.1, 0.15) is 5.75 Å². The van der Waals surface area contributed by atoms with Gasteiger partial charge in [0.2, 0.25) is 0 Å². The van der Waals surface area contributed by atoms with Gasteiger partial charge in [-0.1, -0.05) is 0 Å². The fraction of sp³-hybridized carbons (Fsp3) is 0.571. The van der Waals surface area contributed by atoms with Gasteiger partial charge in [-0.2, -0.15) is 0 Å². The van der Waals surface area contributed by atoms with Crippen molar-refractivity contribution in [3.8, 4) is 5.75 Å². The first-order chi connectivity index (χ1) is 8.60. The fourth-order valence-electron chi connectivity index (χ4n) is 2.66. The minimum absolute atomic E-state index is 0.0443. The van der Waals surface area contributed by atoms with Gasteiger partial charge in [0.15, 0.2) is 0 Å². The van der Waals surface area contributed by atoms with Crippen LogP contribution in [0, 0.1) is 0 Å². The number of halogens is 1. The highest BCUT2D eigenvalue weighted by atomic mass is 79.9. The Morgan fingerprint density at radius 2 is 2.17 bits per heavy atom. The molecule has 1 aliphatic rings. The highest BCUT2D eigenvalue weighted by molar-refractivity contribution is 9.10. The first-order valence-electron chi connectivity index (χ1n) is 6.21. The number of benzene rings is 1. The van der Waals surface area contributed by atoms with Crippen molar-refractivity contribution >= 4 is 15.9 Å². The van der Waals surface area contributed by atoms with E-state index in [9.17, 15) is 0 Å². The predicted octanol–water partition coefficient (Wildman–Crippen LogP) is 3.20. The van der Waals surface area contributed by atoms with Gasteiger partial charge in [-0.3, -0.25) is 0 Å². The Morgan fingerprint density at radius 1 is 1.39 bits per heavy atom. The predicted molar refractivity (Wildman–Crippen MR) is 76.0 cm³/mol. The summed E-state index contributed by atoms with van der Waals surface area (Å²) in [6.07, 6.45) is 2.37. The molecule has 0 saturated carbocycles. The molecule has 100 valence electrons. The molecule has 1 N–H and O–H groups in total. The SMILES string of the molecule is COCc1cc(OC)c(Br)cc1C1(C)CCCN1. The largest absolute Gasteiger partial charge is 0.496 e. The van der Waals surface area contributed by atoms with E-state index in [0.717, 1.165) is 23.2 Å². The molecule has 1 aromatic carbocycles. The van der Waals surface area contributed by atoms with Crippen LogP contribution in [0.5, 0.6) is 5.75 Å². The number of nitrogens with one attached hydrogen (secondary N) is 1. The van der Waals surface area contributed by atoms with Crippen molar-refractivity contribution in [3.05, 3.63) is 27.7 Å². The summed E-state index contributed by atoms with van der Waals surface area (Å²) in [7, 11) is 3.41. The normalized spacial score (nSPS) is 23.3. The average Bonchev–Trinajstić information content (AvgIpc) is 2.79. The summed E-state index contributed by atoms with van der Waals surface area (Å²) in [5.41, 5.74) is 2.53. The van der Waals surface area contributed by atoms with E-state index in [2.05, 4.69) is 40.3 Å². The van der Waals surface area contributed by atoms with Crippen LogP contribution in [0.1, 0.15) is 30.9 Å². The van der Waals surface area contributed by atoms with Crippen LogP contribution in [0.15, 0.2) is 16.6 Å². The highest BCUT2D eigenvalue weighted by Crippen LogP contribution is 2.38. The van der Waals surface area contributed by atoms with Crippen molar-refractivity contribution in [1.82, 2.24) is 5.32 Å². The van der Waals surface area contributed by atoms with E-state index in [1.54, 1.807) is 14.2 Å². The topological polar surface area (TPSA) is 30.5 Å². The van der Waals surface area contributed by atoms with Crippen LogP contribution in [0.2, 0.25) is 0 Å². The smallest absolute Gasteiger partial charge is 0.133 e. The number of ether oxygens (including phenoxy) is 2. The molecule has 0 amide bonds. The second-order valence-corrected chi connectivity index (χ2v) is 5.79. The van der Waals surface area contributed by atoms with Gasteiger partial charge < -0.3 is 14.8 Å². The standard InChI is InChI=1S/C14H20BrNO2/c1-14(5-4-6-16-14)11-8-12(15)13(18-3)7-10(11)9-17-2/h7-8,16H,4-6,9H2,1-3H3. The Balaban J connectivity index is 2.47. The third-order valence-electron chi connectivity index (χ3n) is 3.64. The number of rotatable bonds is 4. The van der Waals surface area contributed by atoms with Gasteiger partial charge in [0, 0.05) is 12.6 Å². The van der Waals surface area contributed by atoms with E-state index in [-0.39, 0.29) is 5.54 Å². The summed E-state index contributed by atoms with van der Waals surface area (Å²) in [5, 5.41) is 3.60. The van der Waals surface area contributed by atoms with Crippen molar-refractivity contribution < 1.29 is 9.47 Å². The Kier molecular flexibility index (Phi) is 4.30. The van der Waals surface area contributed by atoms with Crippen molar-refractivity contribution in [2.45, 2.75) is 31.9 Å². The van der Waals surface area contributed by atoms with Crippen molar-refractivity contribution in [1.29, 1.82) is 0 Å². The first kappa shape index (κ1) is 13.8. The Bertz CT molecular complexity index is 428. The molecule has 1 atom stereocenters. The molecule has 3 nitrogen and oxygen atoms in total. The van der Waals surface area contributed by atoms with Crippen molar-refractivity contribution in [3.63, 3.8) is 0 Å². The molecule has 1 aromatic rings. The highest BCUT2D eigenvalue weighted by Gasteiger charge is 2.32. The van der Waals surface area contributed by atoms with Crippen LogP contribution in [-0.4, -0.2) is 20.8 Å². The molecule has 1 unspecified atom stereocenters. The third-order valence-corrected chi connectivity index (χ3v) is 4.26. The van der Waals surface area contributed by atoms with E-state index < -0.39 is 0 Å². The molecule has 1 aliphatic heterocycles. The van der Waals surface area contributed by atoms with Gasteiger partial charge in [-0.05, 0) is 65.5 Å². The summed E-state index contributed by atoms with van der Waals surface area (Å²) in [6.45, 7) is 3.94. The van der Waals surface area contributed by atoms with Gasteiger partial charge in [-0.15, -0.1) is 0 Å². The molecule has 1 fully saturated rings. The fourth-order valence-corrected chi connectivity index (χ4v) is 3.17. The number of hydrogen-bond acceptors (Lipinski definition) is 3. The lowest BCUT2D eigenvalue weighted by atomic mass is 9.87. The molecular formula is C14H20BrNO2. The quantitative estimate of drug-likeness (QED) is 0.926. The second-order valence-electron chi connectivity index (χ2n) is 4.94. The minimum atomic E-state index is 0.0443. The average molecular weight is 314 g/mol. The maximum Gasteiger partial charge on any atom is 0.133 e. The summed E-state index contributed by atoms with van der Waals surface area (Å²) in [5.74, 6) is 0.854. The van der Waals surface area contributed by atoms with Crippen LogP contribution in [0.3, 0.4) is 0 Å². The third kappa shape index (κ3) is 2.56. The summed E-state index contributed by atoms with van der Waals surface area (Å²) in [4.78, 5) is 0. The molecule has 18 heavy (non-hydrogen) atoms. The van der Waals surface area contributed by atoms with Gasteiger partial charge in [0.25, 0.3) is 0 Å². The number of hydrogen-bond donors (Lipinski definition) is 1. The maximum absolute atomic E-state index is 5.36. The van der Waals surface area contributed by atoms with Crippen molar-refractivity contribution in [2.24, 2.45) is 0 Å². The molecule has 0 bridgehead atoms. The zero-order chi connectivity index (χ0) is 13.2. The zero-order valence-corrected chi connectivity index (χ0v) is 12.8. The summed E-state index contributed by atoms with van der Waals surface area (Å²) < 4.78 is 11.7. The van der Waals surface area contributed by atoms with E-state index in [0.29, 0.717) is 6.61 Å². The summed E-state index contributed by atoms with van der Waals surface area (Å²) in [6, 6.07) is 4.22. The number of methoxy groups -OCH3 is 2. The Morgan fingerprint density at radius 3 is 2.72 bits per heavy atom. The Hall–Kier alpha value is -0.580. The van der Waals surface area contributed by atoms with Gasteiger partial charge >= 0.3 is 0 Å². The lowest BCUT2D eigenvalue weighted by Gasteiger charge is -2.28. The van der Waals surface area contributed by atoms with Crippen LogP contribution in [0.4, 0.5) is 0 Å². The molecule has 0 radical (unpaired) electrons. The second kappa shape index (κ2) is 5.59. The zero-order valence-electron chi connectivity index (χ0n) is 11.2. The van der Waals surface area contributed by atoms with Crippen molar-refractivity contribution in [2.75, 3.05) is 20.8 Å². The van der Waals surface area contributed by atoms with E-state index in [4.69, 9.17) is 9.47 Å². The molecular weight excluding hydrogens is 294 g/mol. The molecule has 1 saturated heterocycles. The van der Waals surface area contributed by atoms with E-state index in [1.165, 1.54) is 17.5 Å². The molecule has 0 spiro atoms. The maximum atomic E-state index is 5.36. The summed E-state index contributed by atoms with van der Waals surface area (Å²) >= 11 is 3.57. The van der Waals surface area contributed by atoms with Crippen LogP contribution >= 0.6 is 15.9 Å². The van der Waals surface area contributed by atoms with Crippen LogP contribution in [0.25, 0.3) is 0 Å². The first-order valence-corrected chi connectivity index (χ1v) is 7.01. The monoisotopic (exact) mass is 313 g/mol. The van der Waals surface area contributed by atoms with E-state index >= 15 is 0 Å². The van der Waals surface area contributed by atoms with Gasteiger partial charge in [-0.25, -0.2) is 0 Å². The molecule has 2 rings (SSSR count). The molecule has 4 heteroatoms. The molecule has 0 aromatic heterocycles. The molecule has 1 heterocycles. The Labute approximate surface area is 117 Å². The lowest BCUT2D eigenvalue weighted by Crippen LogP contribution is -2.34. The van der Waals surface area contributed by atoms with E-state index in [1.807, 2.05) is 0 Å². The molecule has 0 aliphatic carbocycles. The minimum Gasteiger partial charge on any atom is -0.496 e. The van der Waals surface area contributed by atoms with Crippen LogP contribution < -0.4 is 10.1 Å². The van der Waals surface area contributed by atoms with Gasteiger partial charge in [0.05, 0.1) is 18.2 Å². The van der Waals surface area contributed by atoms with Crippen LogP contribution in [-0.2, 0) is 16.9 Å².